The van der Waals surface area contributed by atoms with Crippen LogP contribution < -0.4 is 15.0 Å². The molecule has 1 saturated carbocycles. The Morgan fingerprint density at radius 2 is 2.05 bits per heavy atom. The standard InChI is InChI=1S/C31H29FN9O2/c1-3-28(42)40-14-13-39(16-24(40)20-5-4-6-20)26-10-8-23-30(38-26)31(35-17-33-23)37-22-7-9-25(19(2)29(22)32)43-21-11-12-41-27(15-21)34-18-36-41/h3,7-12,15,17-18,20H,1,4-6,13-14,16H2,2H3,(H,33,35,37)/q+1. The molecule has 12 heteroatoms. The van der Waals surface area contributed by atoms with Gasteiger partial charge in [-0.3, -0.25) is 0 Å². The maximum absolute atomic E-state index is 15.6. The molecule has 2 aliphatic rings. The Balaban J connectivity index is 1.16. The lowest BCUT2D eigenvalue weighted by Crippen LogP contribution is -2.50. The summed E-state index contributed by atoms with van der Waals surface area (Å²) >= 11 is 0. The van der Waals surface area contributed by atoms with E-state index in [2.05, 4.69) is 36.8 Å². The largest absolute Gasteiger partial charge is 0.457 e. The fourth-order valence-electron chi connectivity index (χ4n) is 5.56. The van der Waals surface area contributed by atoms with Crippen molar-refractivity contribution >= 4 is 45.6 Å². The molecule has 0 atom stereocenters. The zero-order valence-corrected chi connectivity index (χ0v) is 23.6. The summed E-state index contributed by atoms with van der Waals surface area (Å²) < 4.78 is 25.1. The first-order valence-corrected chi connectivity index (χ1v) is 14.2. The minimum Gasteiger partial charge on any atom is -0.457 e. The van der Waals surface area contributed by atoms with Crippen LogP contribution in [0.5, 0.6) is 11.5 Å². The first-order valence-electron chi connectivity index (χ1n) is 14.2. The van der Waals surface area contributed by atoms with Gasteiger partial charge in [0.05, 0.1) is 17.7 Å². The van der Waals surface area contributed by atoms with Crippen LogP contribution in [0.4, 0.5) is 21.7 Å². The van der Waals surface area contributed by atoms with Gasteiger partial charge in [-0.25, -0.2) is 33.6 Å². The predicted molar refractivity (Wildman–Crippen MR) is 160 cm³/mol. The zero-order chi connectivity index (χ0) is 29.5. The molecule has 1 amide bonds. The van der Waals surface area contributed by atoms with Gasteiger partial charge in [-0.2, -0.15) is 9.67 Å². The Bertz CT molecular complexity index is 1930. The number of fused-ring (bicyclic) bond motifs is 2. The number of rotatable bonds is 7. The Labute approximate surface area is 246 Å². The van der Waals surface area contributed by atoms with Crippen molar-refractivity contribution < 1.29 is 18.5 Å². The van der Waals surface area contributed by atoms with Crippen LogP contribution in [0.25, 0.3) is 16.7 Å². The van der Waals surface area contributed by atoms with E-state index in [0.717, 1.165) is 24.4 Å². The number of benzene rings is 1. The number of carbonyl (C=O) groups is 1. The number of anilines is 3. The Kier molecular flexibility index (Phi) is 6.72. The molecule has 216 valence electrons. The maximum atomic E-state index is 15.6. The molecule has 1 aliphatic heterocycles. The lowest BCUT2D eigenvalue weighted by atomic mass is 9.80. The third kappa shape index (κ3) is 4.94. The van der Waals surface area contributed by atoms with Crippen molar-refractivity contribution in [3.8, 4) is 11.5 Å². The molecule has 5 aromatic rings. The van der Waals surface area contributed by atoms with Gasteiger partial charge < -0.3 is 15.0 Å². The van der Waals surface area contributed by atoms with Crippen molar-refractivity contribution in [1.82, 2.24) is 29.5 Å². The quantitative estimate of drug-likeness (QED) is 0.214. The molecule has 11 nitrogen and oxygen atoms in total. The van der Waals surface area contributed by atoms with Gasteiger partial charge in [-0.15, -0.1) is 0 Å². The van der Waals surface area contributed by atoms with Gasteiger partial charge in [0.1, 0.15) is 42.0 Å². The van der Waals surface area contributed by atoms with Crippen LogP contribution in [0.1, 0.15) is 24.8 Å². The van der Waals surface area contributed by atoms with E-state index in [9.17, 15) is 4.79 Å². The van der Waals surface area contributed by atoms with Crippen molar-refractivity contribution in [2.75, 3.05) is 29.9 Å². The first-order chi connectivity index (χ1) is 21.0. The fourth-order valence-corrected chi connectivity index (χ4v) is 5.56. The minimum absolute atomic E-state index is 0.0574. The highest BCUT2D eigenvalue weighted by atomic mass is 19.1. The van der Waals surface area contributed by atoms with E-state index >= 15 is 4.39 Å². The van der Waals surface area contributed by atoms with Crippen molar-refractivity contribution in [1.29, 1.82) is 0 Å². The summed E-state index contributed by atoms with van der Waals surface area (Å²) in [7, 11) is 0. The van der Waals surface area contributed by atoms with Gasteiger partial charge in [0.25, 0.3) is 0 Å². The molecule has 5 heterocycles. The molecule has 7 rings (SSSR count). The van der Waals surface area contributed by atoms with Crippen LogP contribution in [0.15, 0.2) is 67.9 Å². The van der Waals surface area contributed by atoms with Crippen molar-refractivity contribution in [3.63, 3.8) is 0 Å². The number of ether oxygens (including phenoxy) is 1. The average molecular weight is 579 g/mol. The minimum atomic E-state index is -0.466. The maximum Gasteiger partial charge on any atom is 0.411 e. The summed E-state index contributed by atoms with van der Waals surface area (Å²) in [6.45, 7) is 7.15. The highest BCUT2D eigenvalue weighted by molar-refractivity contribution is 5.94. The third-order valence-corrected chi connectivity index (χ3v) is 8.17. The average Bonchev–Trinajstić information content (AvgIpc) is 3.48. The van der Waals surface area contributed by atoms with Crippen LogP contribution >= 0.6 is 0 Å². The van der Waals surface area contributed by atoms with E-state index in [1.807, 2.05) is 16.7 Å². The van der Waals surface area contributed by atoms with Crippen LogP contribution in [0.3, 0.4) is 0 Å². The molecular formula is C31H29FN9O2+. The van der Waals surface area contributed by atoms with Gasteiger partial charge in [0.15, 0.2) is 29.5 Å². The van der Waals surface area contributed by atoms with Gasteiger partial charge in [0, 0.05) is 29.8 Å². The second-order valence-corrected chi connectivity index (χ2v) is 10.7. The number of nitrogens with zero attached hydrogens (tertiary/aromatic N) is 8. The van der Waals surface area contributed by atoms with E-state index in [1.54, 1.807) is 41.9 Å². The van der Waals surface area contributed by atoms with E-state index < -0.39 is 5.82 Å². The molecule has 1 aromatic carbocycles. The van der Waals surface area contributed by atoms with Crippen molar-refractivity contribution in [2.24, 2.45) is 5.92 Å². The SMILES string of the molecule is C=CC(=O)[N+]1=C(C2CCC2)CN(c2ccc3ncnc(Nc4ccc(Oc5ccn6ncnc6c5)c(C)c4F)c3n2)CC1. The van der Waals surface area contributed by atoms with E-state index in [1.165, 1.54) is 25.2 Å². The Morgan fingerprint density at radius 1 is 1.16 bits per heavy atom. The summed E-state index contributed by atoms with van der Waals surface area (Å²) in [6.07, 6.45) is 9.34. The summed E-state index contributed by atoms with van der Waals surface area (Å²) in [5.41, 5.74) is 3.47. The number of carbonyl (C=O) groups excluding carboxylic acids is 1. The normalized spacial score (nSPS) is 15.5. The predicted octanol–water partition coefficient (Wildman–Crippen LogP) is 4.84. The molecule has 1 fully saturated rings. The Hall–Kier alpha value is -5.26. The number of nitrogens with one attached hydrogen (secondary N) is 1. The molecule has 0 radical (unpaired) electrons. The summed E-state index contributed by atoms with van der Waals surface area (Å²) in [6, 6.07) is 10.6. The van der Waals surface area contributed by atoms with Gasteiger partial charge in [-0.1, -0.05) is 13.0 Å². The Morgan fingerprint density at radius 3 is 2.86 bits per heavy atom. The van der Waals surface area contributed by atoms with E-state index in [4.69, 9.17) is 9.72 Å². The van der Waals surface area contributed by atoms with Gasteiger partial charge in [0.2, 0.25) is 0 Å². The molecule has 43 heavy (non-hydrogen) atoms. The third-order valence-electron chi connectivity index (χ3n) is 8.17. The number of halogens is 1. The number of pyridine rings is 2. The van der Waals surface area contributed by atoms with E-state index in [0.29, 0.717) is 65.1 Å². The van der Waals surface area contributed by atoms with Crippen LogP contribution in [-0.2, 0) is 4.79 Å². The lowest BCUT2D eigenvalue weighted by molar-refractivity contribution is -0.448. The van der Waals surface area contributed by atoms with E-state index in [-0.39, 0.29) is 11.6 Å². The summed E-state index contributed by atoms with van der Waals surface area (Å²) in [5, 5.41) is 7.20. The lowest BCUT2D eigenvalue weighted by Gasteiger charge is -2.33. The molecule has 0 bridgehead atoms. The highest BCUT2D eigenvalue weighted by Crippen LogP contribution is 2.34. The molecular weight excluding hydrogens is 549 g/mol. The highest BCUT2D eigenvalue weighted by Gasteiger charge is 2.37. The molecule has 4 aromatic heterocycles. The van der Waals surface area contributed by atoms with Crippen LogP contribution in [0, 0.1) is 18.7 Å². The smallest absolute Gasteiger partial charge is 0.411 e. The number of hydrogen-bond donors (Lipinski definition) is 1. The van der Waals surface area contributed by atoms with Gasteiger partial charge in [-0.05, 0) is 50.1 Å². The monoisotopic (exact) mass is 578 g/mol. The van der Waals surface area contributed by atoms with Crippen molar-refractivity contribution in [3.05, 3.63) is 79.3 Å². The number of hydrogen-bond acceptors (Lipinski definition) is 9. The van der Waals surface area contributed by atoms with Crippen molar-refractivity contribution in [2.45, 2.75) is 26.2 Å². The first kappa shape index (κ1) is 26.6. The van der Waals surface area contributed by atoms with Gasteiger partial charge >= 0.3 is 5.91 Å². The molecule has 1 aliphatic carbocycles. The van der Waals surface area contributed by atoms with Crippen LogP contribution in [-0.4, -0.2) is 65.4 Å². The number of amides is 1. The number of aromatic nitrogens is 6. The molecule has 0 unspecified atom stereocenters. The second kappa shape index (κ2) is 10.9. The summed E-state index contributed by atoms with van der Waals surface area (Å²) in [5.74, 6) is 1.92. The molecule has 0 spiro atoms. The second-order valence-electron chi connectivity index (χ2n) is 10.7. The summed E-state index contributed by atoms with van der Waals surface area (Å²) in [4.78, 5) is 32.6. The fraction of sp³-hybridized carbons (Fsp3) is 0.258. The van der Waals surface area contributed by atoms with Crippen LogP contribution in [0.2, 0.25) is 0 Å². The molecule has 0 saturated heterocycles. The topological polar surface area (TPSA) is 113 Å². The zero-order valence-electron chi connectivity index (χ0n) is 23.6. The molecule has 1 N–H and O–H groups in total.